The number of halogens is 1. The Labute approximate surface area is 182 Å². The van der Waals surface area contributed by atoms with Crippen molar-refractivity contribution in [1.29, 1.82) is 0 Å². The third kappa shape index (κ3) is 6.90. The molecule has 1 atom stereocenters. The van der Waals surface area contributed by atoms with E-state index in [1.807, 2.05) is 49.4 Å². The van der Waals surface area contributed by atoms with Crippen LogP contribution in [0.5, 0.6) is 11.5 Å². The predicted molar refractivity (Wildman–Crippen MR) is 119 cm³/mol. The van der Waals surface area contributed by atoms with Crippen molar-refractivity contribution in [3.63, 3.8) is 0 Å². The number of hydrogen-bond acceptors (Lipinski definition) is 5. The minimum Gasteiger partial charge on any atom is -0.490 e. The highest BCUT2D eigenvalue weighted by Gasteiger charge is 2.22. The molecular weight excluding hydrogens is 404 g/mol. The molecule has 1 unspecified atom stereocenters. The number of hydrogen-bond donors (Lipinski definition) is 2. The molecule has 0 spiro atoms. The number of rotatable bonds is 8. The number of aryl methyl sites for hydroxylation is 1. The van der Waals surface area contributed by atoms with Crippen LogP contribution in [0.1, 0.15) is 25.3 Å². The summed E-state index contributed by atoms with van der Waals surface area (Å²) >= 11 is 5.91. The van der Waals surface area contributed by atoms with Crippen LogP contribution in [0.2, 0.25) is 5.02 Å². The van der Waals surface area contributed by atoms with E-state index in [4.69, 9.17) is 21.1 Å². The highest BCUT2D eigenvalue weighted by atomic mass is 35.5. The van der Waals surface area contributed by atoms with Gasteiger partial charge in [-0.2, -0.15) is 0 Å². The third-order valence-electron chi connectivity index (χ3n) is 5.00. The lowest BCUT2D eigenvalue weighted by Crippen LogP contribution is -2.43. The maximum Gasteiger partial charge on any atom is 0.221 e. The first-order valence-corrected chi connectivity index (χ1v) is 10.6. The van der Waals surface area contributed by atoms with Gasteiger partial charge in [-0.1, -0.05) is 17.7 Å². The Morgan fingerprint density at radius 1 is 1.23 bits per heavy atom. The van der Waals surface area contributed by atoms with Gasteiger partial charge >= 0.3 is 0 Å². The van der Waals surface area contributed by atoms with Gasteiger partial charge in [0.25, 0.3) is 0 Å². The number of anilines is 1. The molecule has 162 valence electrons. The first-order valence-electron chi connectivity index (χ1n) is 10.2. The van der Waals surface area contributed by atoms with E-state index in [1.54, 1.807) is 0 Å². The molecule has 1 aliphatic rings. The van der Waals surface area contributed by atoms with Gasteiger partial charge in [-0.25, -0.2) is 0 Å². The van der Waals surface area contributed by atoms with Crippen LogP contribution in [-0.4, -0.2) is 54.4 Å². The van der Waals surface area contributed by atoms with Gasteiger partial charge in [0.15, 0.2) is 0 Å². The van der Waals surface area contributed by atoms with Crippen molar-refractivity contribution >= 4 is 23.2 Å². The van der Waals surface area contributed by atoms with E-state index >= 15 is 0 Å². The predicted octanol–water partition coefficient (Wildman–Crippen LogP) is 3.89. The number of carbonyl (C=O) groups is 1. The van der Waals surface area contributed by atoms with E-state index < -0.39 is 6.10 Å². The summed E-state index contributed by atoms with van der Waals surface area (Å²) in [6, 6.07) is 13.0. The number of aliphatic hydroxyl groups is 1. The Balaban J connectivity index is 1.43. The molecule has 1 heterocycles. The van der Waals surface area contributed by atoms with Crippen molar-refractivity contribution in [2.45, 2.75) is 38.9 Å². The van der Waals surface area contributed by atoms with Crippen LogP contribution in [0.4, 0.5) is 5.69 Å². The van der Waals surface area contributed by atoms with Crippen LogP contribution in [0.25, 0.3) is 0 Å². The lowest BCUT2D eigenvalue weighted by atomic mass is 10.1. The smallest absolute Gasteiger partial charge is 0.221 e. The number of benzene rings is 2. The van der Waals surface area contributed by atoms with Gasteiger partial charge in [-0.05, 0) is 61.7 Å². The van der Waals surface area contributed by atoms with Gasteiger partial charge in [0, 0.05) is 31.6 Å². The van der Waals surface area contributed by atoms with Gasteiger partial charge in [-0.3, -0.25) is 4.79 Å². The summed E-state index contributed by atoms with van der Waals surface area (Å²) in [6.45, 7) is 5.83. The molecule has 0 bridgehead atoms. The van der Waals surface area contributed by atoms with E-state index in [2.05, 4.69) is 10.2 Å². The third-order valence-corrected chi connectivity index (χ3v) is 5.25. The summed E-state index contributed by atoms with van der Waals surface area (Å²) in [5.41, 5.74) is 1.64. The van der Waals surface area contributed by atoms with Crippen molar-refractivity contribution < 1.29 is 19.4 Å². The Bertz CT molecular complexity index is 836. The van der Waals surface area contributed by atoms with Crippen molar-refractivity contribution in [1.82, 2.24) is 4.90 Å². The number of nitrogens with zero attached hydrogens (tertiary/aromatic N) is 1. The van der Waals surface area contributed by atoms with E-state index in [0.29, 0.717) is 23.0 Å². The quantitative estimate of drug-likeness (QED) is 0.662. The van der Waals surface area contributed by atoms with Gasteiger partial charge in [0.1, 0.15) is 30.3 Å². The average Bonchev–Trinajstić information content (AvgIpc) is 2.71. The zero-order valence-electron chi connectivity index (χ0n) is 17.4. The summed E-state index contributed by atoms with van der Waals surface area (Å²) in [5, 5.41) is 13.9. The molecule has 1 saturated heterocycles. The van der Waals surface area contributed by atoms with Crippen molar-refractivity contribution in [2.24, 2.45) is 0 Å². The van der Waals surface area contributed by atoms with Gasteiger partial charge in [0.2, 0.25) is 5.91 Å². The zero-order valence-corrected chi connectivity index (χ0v) is 18.2. The molecule has 2 aromatic rings. The summed E-state index contributed by atoms with van der Waals surface area (Å²) in [5.74, 6) is 1.24. The fourth-order valence-corrected chi connectivity index (χ4v) is 3.62. The molecule has 3 rings (SSSR count). The molecule has 0 radical (unpaired) electrons. The van der Waals surface area contributed by atoms with Crippen LogP contribution in [-0.2, 0) is 4.79 Å². The number of nitrogens with one attached hydrogen (secondary N) is 1. The normalized spacial score (nSPS) is 16.1. The summed E-state index contributed by atoms with van der Waals surface area (Å²) in [7, 11) is 0. The number of amides is 1. The van der Waals surface area contributed by atoms with E-state index in [0.717, 1.165) is 37.2 Å². The van der Waals surface area contributed by atoms with E-state index in [1.165, 1.54) is 6.92 Å². The summed E-state index contributed by atoms with van der Waals surface area (Å²) < 4.78 is 11.8. The number of β-amino-alcohol motifs (C(OH)–C–C–N with tert-alkyl or cyclic N) is 1. The molecule has 1 aliphatic heterocycles. The van der Waals surface area contributed by atoms with Crippen molar-refractivity contribution in [2.75, 3.05) is 31.6 Å². The molecule has 2 aromatic carbocycles. The van der Waals surface area contributed by atoms with Crippen LogP contribution in [0.15, 0.2) is 42.5 Å². The SMILES string of the molecule is CC(=O)Nc1ccc(C)cc1OCC(O)CN1CCC(Oc2ccc(Cl)cc2)CC1. The van der Waals surface area contributed by atoms with Crippen LogP contribution < -0.4 is 14.8 Å². The number of piperidine rings is 1. The van der Waals surface area contributed by atoms with Crippen molar-refractivity contribution in [3.05, 3.63) is 53.1 Å². The molecule has 1 fully saturated rings. The lowest BCUT2D eigenvalue weighted by Gasteiger charge is -2.33. The van der Waals surface area contributed by atoms with Gasteiger partial charge < -0.3 is 24.8 Å². The first-order chi connectivity index (χ1) is 14.4. The van der Waals surface area contributed by atoms with Crippen LogP contribution in [0.3, 0.4) is 0 Å². The molecule has 7 heteroatoms. The first kappa shape index (κ1) is 22.4. The largest absolute Gasteiger partial charge is 0.490 e. The second kappa shape index (κ2) is 10.7. The van der Waals surface area contributed by atoms with Crippen molar-refractivity contribution in [3.8, 4) is 11.5 Å². The minimum atomic E-state index is -0.621. The van der Waals surface area contributed by atoms with E-state index in [9.17, 15) is 9.90 Å². The zero-order chi connectivity index (χ0) is 21.5. The average molecular weight is 433 g/mol. The fraction of sp³-hybridized carbons (Fsp3) is 0.435. The van der Waals surface area contributed by atoms with Gasteiger partial charge in [0.05, 0.1) is 5.69 Å². The second-order valence-electron chi connectivity index (χ2n) is 7.72. The standard InChI is InChI=1S/C23H29ClN2O4/c1-16-3-8-22(25-17(2)27)23(13-16)29-15-19(28)14-26-11-9-21(10-12-26)30-20-6-4-18(24)5-7-20/h3-8,13,19,21,28H,9-12,14-15H2,1-2H3,(H,25,27). The molecule has 0 aliphatic carbocycles. The number of likely N-dealkylation sites (tertiary alicyclic amines) is 1. The van der Waals surface area contributed by atoms with Crippen LogP contribution in [0, 0.1) is 6.92 Å². The molecular formula is C23H29ClN2O4. The van der Waals surface area contributed by atoms with Gasteiger partial charge in [-0.15, -0.1) is 0 Å². The number of ether oxygens (including phenoxy) is 2. The maximum atomic E-state index is 11.4. The topological polar surface area (TPSA) is 71.0 Å². The molecule has 1 amide bonds. The summed E-state index contributed by atoms with van der Waals surface area (Å²) in [6.07, 6.45) is 1.36. The van der Waals surface area contributed by atoms with Crippen LogP contribution >= 0.6 is 11.6 Å². The Morgan fingerprint density at radius 3 is 2.60 bits per heavy atom. The minimum absolute atomic E-state index is 0.159. The molecule has 0 aromatic heterocycles. The highest BCUT2D eigenvalue weighted by molar-refractivity contribution is 6.30. The Morgan fingerprint density at radius 2 is 1.93 bits per heavy atom. The van der Waals surface area contributed by atoms with E-state index in [-0.39, 0.29) is 18.6 Å². The second-order valence-corrected chi connectivity index (χ2v) is 8.15. The summed E-state index contributed by atoms with van der Waals surface area (Å²) in [4.78, 5) is 13.6. The molecule has 30 heavy (non-hydrogen) atoms. The fourth-order valence-electron chi connectivity index (χ4n) is 3.49. The maximum absolute atomic E-state index is 11.4. The highest BCUT2D eigenvalue weighted by Crippen LogP contribution is 2.26. The molecule has 0 saturated carbocycles. The lowest BCUT2D eigenvalue weighted by molar-refractivity contribution is -0.114. The molecule has 2 N–H and O–H groups in total. The molecule has 6 nitrogen and oxygen atoms in total. The Kier molecular flexibility index (Phi) is 7.96. The number of carbonyl (C=O) groups excluding carboxylic acids is 1. The number of aliphatic hydroxyl groups excluding tert-OH is 1. The monoisotopic (exact) mass is 432 g/mol. The Hall–Kier alpha value is -2.28.